The fourth-order valence-electron chi connectivity index (χ4n) is 5.40. The van der Waals surface area contributed by atoms with Gasteiger partial charge in [-0.3, -0.25) is 4.55 Å². The van der Waals surface area contributed by atoms with Crippen molar-refractivity contribution in [3.8, 4) is 0 Å². The smallest absolute Gasteiger partial charge is 0.397 e. The van der Waals surface area contributed by atoms with Crippen LogP contribution in [0.25, 0.3) is 0 Å². The average molecular weight is 728 g/mol. The summed E-state index contributed by atoms with van der Waals surface area (Å²) in [5.41, 5.74) is 0.277. The van der Waals surface area contributed by atoms with Crippen LogP contribution in [0.2, 0.25) is 0 Å². The third-order valence-electron chi connectivity index (χ3n) is 8.88. The second-order valence-electron chi connectivity index (χ2n) is 13.1. The second-order valence-corrected chi connectivity index (χ2v) is 14.2. The zero-order valence-electron chi connectivity index (χ0n) is 30.9. The third kappa shape index (κ3) is 22.2. The van der Waals surface area contributed by atoms with Gasteiger partial charge in [-0.05, 0) is 51.9 Å². The summed E-state index contributed by atoms with van der Waals surface area (Å²) in [5, 5.41) is 33.6. The molecular weight excluding hydrogens is 667 g/mol. The van der Waals surface area contributed by atoms with E-state index in [1.54, 1.807) is 43.4 Å². The van der Waals surface area contributed by atoms with E-state index in [4.69, 9.17) is 9.29 Å². The third-order valence-corrected chi connectivity index (χ3v) is 9.37. The summed E-state index contributed by atoms with van der Waals surface area (Å²) in [7, 11) is -4.57. The van der Waals surface area contributed by atoms with Gasteiger partial charge < -0.3 is 20.6 Å². The van der Waals surface area contributed by atoms with Crippen molar-refractivity contribution >= 4 is 16.4 Å². The molecular formula is C41H61NO8S. The Bertz CT molecular complexity index is 1410. The van der Waals surface area contributed by atoms with Crippen LogP contribution in [-0.2, 0) is 19.4 Å². The summed E-state index contributed by atoms with van der Waals surface area (Å²) in [5.74, 6) is -1.54. The SMILES string of the molecule is C\C(=C/C=C/C=C/CC/C=C/C(C)C(O)C(C)C(O)/C=C/C=C/C=C/C=C/C=C/C=C/CC(OS(=O)(=O)O)C(C)C(C)NC1CCCC1)C(=O)O. The molecule has 0 bridgehead atoms. The van der Waals surface area contributed by atoms with Crippen molar-refractivity contribution in [1.29, 1.82) is 0 Å². The summed E-state index contributed by atoms with van der Waals surface area (Å²) >= 11 is 0. The number of aliphatic hydroxyl groups excluding tert-OH is 2. The van der Waals surface area contributed by atoms with Gasteiger partial charge in [0.05, 0.1) is 18.3 Å². The molecule has 9 nitrogen and oxygen atoms in total. The summed E-state index contributed by atoms with van der Waals surface area (Å²) < 4.78 is 37.2. The van der Waals surface area contributed by atoms with E-state index >= 15 is 0 Å². The molecule has 1 rings (SSSR count). The monoisotopic (exact) mass is 727 g/mol. The molecule has 0 spiro atoms. The predicted molar refractivity (Wildman–Crippen MR) is 208 cm³/mol. The fraction of sp³-hybridized carbons (Fsp3) is 0.488. The molecule has 1 saturated carbocycles. The van der Waals surface area contributed by atoms with Crippen molar-refractivity contribution in [3.05, 3.63) is 121 Å². The number of hydrogen-bond donors (Lipinski definition) is 5. The van der Waals surface area contributed by atoms with Crippen LogP contribution in [0.15, 0.2) is 121 Å². The number of carboxylic acid groups (broad SMARTS) is 1. The lowest BCUT2D eigenvalue weighted by Crippen LogP contribution is -2.43. The van der Waals surface area contributed by atoms with Crippen molar-refractivity contribution < 1.29 is 37.3 Å². The number of allylic oxidation sites excluding steroid dienone is 16. The maximum Gasteiger partial charge on any atom is 0.397 e. The number of carbonyl (C=O) groups is 1. The summed E-state index contributed by atoms with van der Waals surface area (Å²) in [6, 6.07) is 0.476. The van der Waals surface area contributed by atoms with Gasteiger partial charge in [0.2, 0.25) is 0 Å². The van der Waals surface area contributed by atoms with Gasteiger partial charge in [0.25, 0.3) is 0 Å². The number of aliphatic hydroxyl groups is 2. The Hall–Kier alpha value is -3.38. The first-order chi connectivity index (χ1) is 24.2. The molecule has 7 atom stereocenters. The highest BCUT2D eigenvalue weighted by Gasteiger charge is 2.29. The molecule has 7 unspecified atom stereocenters. The molecule has 0 radical (unpaired) electrons. The largest absolute Gasteiger partial charge is 0.478 e. The van der Waals surface area contributed by atoms with Gasteiger partial charge >= 0.3 is 16.4 Å². The highest BCUT2D eigenvalue weighted by Crippen LogP contribution is 2.23. The fourth-order valence-corrected chi connectivity index (χ4v) is 5.97. The highest BCUT2D eigenvalue weighted by molar-refractivity contribution is 7.80. The van der Waals surface area contributed by atoms with Gasteiger partial charge in [0.15, 0.2) is 0 Å². The zero-order valence-corrected chi connectivity index (χ0v) is 31.7. The number of aliphatic carboxylic acids is 1. The Labute approximate surface area is 306 Å². The van der Waals surface area contributed by atoms with Gasteiger partial charge in [0.1, 0.15) is 0 Å². The van der Waals surface area contributed by atoms with Gasteiger partial charge in [-0.15, -0.1) is 0 Å². The first-order valence-corrected chi connectivity index (χ1v) is 19.3. The number of rotatable bonds is 24. The van der Waals surface area contributed by atoms with E-state index in [0.717, 1.165) is 25.7 Å². The topological polar surface area (TPSA) is 153 Å². The van der Waals surface area contributed by atoms with E-state index in [-0.39, 0.29) is 29.4 Å². The molecule has 0 heterocycles. The van der Waals surface area contributed by atoms with Crippen LogP contribution in [0.1, 0.15) is 79.6 Å². The number of nitrogens with one attached hydrogen (secondary N) is 1. The zero-order chi connectivity index (χ0) is 38.1. The van der Waals surface area contributed by atoms with Gasteiger partial charge in [-0.1, -0.05) is 149 Å². The van der Waals surface area contributed by atoms with Crippen LogP contribution < -0.4 is 5.32 Å². The minimum Gasteiger partial charge on any atom is -0.478 e. The molecule has 284 valence electrons. The van der Waals surface area contributed by atoms with E-state index in [9.17, 15) is 28.0 Å². The quantitative estimate of drug-likeness (QED) is 0.0219. The lowest BCUT2D eigenvalue weighted by Gasteiger charge is -2.30. The summed E-state index contributed by atoms with van der Waals surface area (Å²) in [4.78, 5) is 10.7. The van der Waals surface area contributed by atoms with Gasteiger partial charge in [-0.25, -0.2) is 8.98 Å². The van der Waals surface area contributed by atoms with Gasteiger partial charge in [-0.2, -0.15) is 8.42 Å². The minimum atomic E-state index is -4.57. The van der Waals surface area contributed by atoms with Crippen LogP contribution in [0.5, 0.6) is 0 Å². The maximum atomic E-state index is 11.4. The predicted octanol–water partition coefficient (Wildman–Crippen LogP) is 7.93. The molecule has 0 aromatic heterocycles. The first kappa shape index (κ1) is 45.6. The van der Waals surface area contributed by atoms with E-state index in [1.165, 1.54) is 12.8 Å². The Kier molecular flexibility index (Phi) is 23.6. The Balaban J connectivity index is 2.42. The lowest BCUT2D eigenvalue weighted by molar-refractivity contribution is -0.132. The van der Waals surface area contributed by atoms with Crippen LogP contribution >= 0.6 is 0 Å². The lowest BCUT2D eigenvalue weighted by atomic mass is 9.88. The molecule has 1 aliphatic rings. The maximum absolute atomic E-state index is 11.4. The molecule has 0 aliphatic heterocycles. The van der Waals surface area contributed by atoms with Crippen molar-refractivity contribution in [3.63, 3.8) is 0 Å². The number of hydrogen-bond acceptors (Lipinski definition) is 7. The van der Waals surface area contributed by atoms with E-state index in [1.807, 2.05) is 107 Å². The van der Waals surface area contributed by atoms with Crippen LogP contribution in [-0.4, -0.2) is 64.7 Å². The van der Waals surface area contributed by atoms with Crippen LogP contribution in [0, 0.1) is 17.8 Å². The van der Waals surface area contributed by atoms with Crippen molar-refractivity contribution in [2.24, 2.45) is 17.8 Å². The molecule has 1 fully saturated rings. The molecule has 0 amide bonds. The Morgan fingerprint density at radius 2 is 1.29 bits per heavy atom. The normalized spacial score (nSPS) is 20.1. The molecule has 10 heteroatoms. The molecule has 0 aromatic rings. The summed E-state index contributed by atoms with van der Waals surface area (Å²) in [6.45, 7) is 9.23. The summed E-state index contributed by atoms with van der Waals surface area (Å²) in [6.07, 6.45) is 39.1. The second kappa shape index (κ2) is 26.4. The van der Waals surface area contributed by atoms with E-state index in [0.29, 0.717) is 12.5 Å². The Morgan fingerprint density at radius 3 is 1.88 bits per heavy atom. The van der Waals surface area contributed by atoms with Crippen molar-refractivity contribution in [2.45, 2.75) is 110 Å². The highest BCUT2D eigenvalue weighted by atomic mass is 32.3. The minimum absolute atomic E-state index is 0.0370. The molecule has 0 aromatic carbocycles. The first-order valence-electron chi connectivity index (χ1n) is 17.9. The number of carboxylic acids is 1. The standard InChI is InChI=1S/C41H61NO8S/c1-32(26-20-16-12-11-13-17-21-27-33(2)41(45)46)40(44)35(4)38(43)30-22-18-14-9-7-6-8-10-15-19-23-31-39(50-51(47,48)49)34(3)36(5)42-37-28-24-25-29-37/h6-11,13-15,17-23,26-27,30,32,34-40,42-44H,12,16,24-25,28-29,31H2,1-5H3,(H,45,46)(H,47,48,49)/b8-6+,9-7+,13-11+,15-10+,18-14+,21-17+,23-19+,26-20+,30-22+,33-27+. The van der Waals surface area contributed by atoms with E-state index in [2.05, 4.69) is 5.32 Å². The van der Waals surface area contributed by atoms with Crippen LogP contribution in [0.4, 0.5) is 0 Å². The number of unbranched alkanes of at least 4 members (excludes halogenated alkanes) is 1. The molecule has 5 N–H and O–H groups in total. The molecule has 1 aliphatic carbocycles. The molecule has 51 heavy (non-hydrogen) atoms. The van der Waals surface area contributed by atoms with E-state index < -0.39 is 34.7 Å². The van der Waals surface area contributed by atoms with Crippen molar-refractivity contribution in [1.82, 2.24) is 5.32 Å². The van der Waals surface area contributed by atoms with Crippen molar-refractivity contribution in [2.75, 3.05) is 0 Å². The van der Waals surface area contributed by atoms with Gasteiger partial charge in [0, 0.05) is 29.5 Å². The molecule has 0 saturated heterocycles. The average Bonchev–Trinajstić information content (AvgIpc) is 3.60. The Morgan fingerprint density at radius 1 is 0.765 bits per heavy atom. The van der Waals surface area contributed by atoms with Crippen LogP contribution in [0.3, 0.4) is 0 Å².